The molecule has 0 radical (unpaired) electrons. The highest BCUT2D eigenvalue weighted by Crippen LogP contribution is 2.44. The van der Waals surface area contributed by atoms with Crippen LogP contribution in [0.3, 0.4) is 0 Å². The van der Waals surface area contributed by atoms with Crippen LogP contribution in [0.25, 0.3) is 0 Å². The number of para-hydroxylation sites is 2. The fourth-order valence-corrected chi connectivity index (χ4v) is 3.67. The molecule has 3 amide bonds. The normalized spacial score (nSPS) is 21.7. The van der Waals surface area contributed by atoms with Gasteiger partial charge in [0.05, 0.1) is 5.41 Å². The second-order valence-corrected chi connectivity index (χ2v) is 6.50. The molecule has 2 aliphatic rings. The van der Waals surface area contributed by atoms with Gasteiger partial charge in [-0.15, -0.1) is 0 Å². The van der Waals surface area contributed by atoms with E-state index in [1.807, 2.05) is 55.5 Å². The third kappa shape index (κ3) is 2.16. The van der Waals surface area contributed by atoms with E-state index in [0.29, 0.717) is 19.5 Å². The zero-order chi connectivity index (χ0) is 16.7. The maximum absolute atomic E-state index is 12.6. The molecule has 0 saturated carbocycles. The summed E-state index contributed by atoms with van der Waals surface area (Å²) in [7, 11) is 0. The highest BCUT2D eigenvalue weighted by Gasteiger charge is 2.51. The molecule has 1 fully saturated rings. The van der Waals surface area contributed by atoms with E-state index in [1.54, 1.807) is 4.90 Å². The first-order valence-electron chi connectivity index (χ1n) is 8.13. The number of carbonyl (C=O) groups excluding carboxylic acids is 2. The highest BCUT2D eigenvalue weighted by molar-refractivity contribution is 6.07. The number of anilines is 2. The van der Waals surface area contributed by atoms with Gasteiger partial charge in [-0.3, -0.25) is 4.79 Å². The first-order valence-corrected chi connectivity index (χ1v) is 8.13. The molecule has 0 aromatic heterocycles. The number of amides is 3. The zero-order valence-corrected chi connectivity index (χ0v) is 13.5. The molecule has 1 saturated heterocycles. The van der Waals surface area contributed by atoms with Crippen molar-refractivity contribution in [1.29, 1.82) is 0 Å². The Morgan fingerprint density at radius 2 is 1.92 bits per heavy atom. The minimum atomic E-state index is -0.611. The smallest absolute Gasteiger partial charge is 0.321 e. The zero-order valence-electron chi connectivity index (χ0n) is 13.5. The summed E-state index contributed by atoms with van der Waals surface area (Å²) in [6.07, 6.45) is 0.650. The predicted molar refractivity (Wildman–Crippen MR) is 93.1 cm³/mol. The van der Waals surface area contributed by atoms with E-state index in [0.717, 1.165) is 22.5 Å². The lowest BCUT2D eigenvalue weighted by Gasteiger charge is -2.23. The number of rotatable bonds is 1. The molecule has 2 aliphatic heterocycles. The molecule has 2 N–H and O–H groups in total. The van der Waals surface area contributed by atoms with Gasteiger partial charge in [-0.1, -0.05) is 36.4 Å². The lowest BCUT2D eigenvalue weighted by molar-refractivity contribution is -0.120. The van der Waals surface area contributed by atoms with Crippen LogP contribution in [-0.4, -0.2) is 29.9 Å². The molecule has 4 rings (SSSR count). The number of benzene rings is 2. The van der Waals surface area contributed by atoms with Gasteiger partial charge in [-0.05, 0) is 36.6 Å². The molecule has 5 heteroatoms. The largest absolute Gasteiger partial charge is 0.325 e. The molecule has 2 aromatic rings. The van der Waals surface area contributed by atoms with E-state index in [1.165, 1.54) is 0 Å². The monoisotopic (exact) mass is 321 g/mol. The molecule has 1 unspecified atom stereocenters. The van der Waals surface area contributed by atoms with Crippen molar-refractivity contribution in [3.63, 3.8) is 0 Å². The summed E-state index contributed by atoms with van der Waals surface area (Å²) in [6.45, 7) is 2.94. The summed E-state index contributed by atoms with van der Waals surface area (Å²) in [5.74, 6) is -0.00473. The van der Waals surface area contributed by atoms with Crippen molar-refractivity contribution in [2.75, 3.05) is 23.7 Å². The summed E-state index contributed by atoms with van der Waals surface area (Å²) in [4.78, 5) is 26.9. The maximum Gasteiger partial charge on any atom is 0.321 e. The number of hydrogen-bond donors (Lipinski definition) is 2. The number of carbonyl (C=O) groups is 2. The van der Waals surface area contributed by atoms with E-state index in [2.05, 4.69) is 10.6 Å². The number of hydrogen-bond acceptors (Lipinski definition) is 2. The summed E-state index contributed by atoms with van der Waals surface area (Å²) >= 11 is 0. The second kappa shape index (κ2) is 5.37. The molecule has 24 heavy (non-hydrogen) atoms. The van der Waals surface area contributed by atoms with Gasteiger partial charge in [0.2, 0.25) is 5.91 Å². The van der Waals surface area contributed by atoms with Crippen molar-refractivity contribution in [2.24, 2.45) is 0 Å². The summed E-state index contributed by atoms with van der Waals surface area (Å²) < 4.78 is 0. The van der Waals surface area contributed by atoms with Crippen LogP contribution in [0.1, 0.15) is 17.5 Å². The Balaban J connectivity index is 1.56. The van der Waals surface area contributed by atoms with Crippen molar-refractivity contribution in [1.82, 2.24) is 4.90 Å². The summed E-state index contributed by atoms with van der Waals surface area (Å²) in [5, 5.41) is 5.90. The average molecular weight is 321 g/mol. The fraction of sp³-hybridized carbons (Fsp3) is 0.263. The number of aryl methyl sites for hydroxylation is 1. The van der Waals surface area contributed by atoms with Crippen molar-refractivity contribution < 1.29 is 9.59 Å². The molecule has 1 spiro atoms. The summed E-state index contributed by atoms with van der Waals surface area (Å²) in [5.41, 5.74) is 3.08. The van der Waals surface area contributed by atoms with Gasteiger partial charge >= 0.3 is 6.03 Å². The molecule has 1 atom stereocenters. The van der Waals surface area contributed by atoms with Gasteiger partial charge in [0.1, 0.15) is 0 Å². The minimum absolute atomic E-state index is 0.00473. The van der Waals surface area contributed by atoms with Gasteiger partial charge < -0.3 is 15.5 Å². The first-order chi connectivity index (χ1) is 11.6. The molecule has 2 aromatic carbocycles. The van der Waals surface area contributed by atoms with E-state index in [9.17, 15) is 9.59 Å². The van der Waals surface area contributed by atoms with Crippen molar-refractivity contribution in [3.8, 4) is 0 Å². The second-order valence-electron chi connectivity index (χ2n) is 6.50. The minimum Gasteiger partial charge on any atom is -0.325 e. The Labute approximate surface area is 140 Å². The van der Waals surface area contributed by atoms with Crippen molar-refractivity contribution in [2.45, 2.75) is 18.8 Å². The first kappa shape index (κ1) is 14.8. The topological polar surface area (TPSA) is 61.4 Å². The summed E-state index contributed by atoms with van der Waals surface area (Å²) in [6, 6.07) is 15.3. The molecule has 2 heterocycles. The predicted octanol–water partition coefficient (Wildman–Crippen LogP) is 3.12. The molecular weight excluding hydrogens is 302 g/mol. The third-order valence-corrected chi connectivity index (χ3v) is 5.07. The quantitative estimate of drug-likeness (QED) is 0.848. The van der Waals surface area contributed by atoms with Crippen molar-refractivity contribution >= 4 is 23.3 Å². The Hall–Kier alpha value is -2.82. The standard InChI is InChI=1S/C19H19N3O2/c1-13-6-2-4-8-15(13)21-18(24)22-11-10-19(12-22)14-7-3-5-9-16(14)20-17(19)23/h2-9H,10-12H2,1H3,(H,20,23)(H,21,24). The van der Waals surface area contributed by atoms with Crippen LogP contribution < -0.4 is 10.6 Å². The lowest BCUT2D eigenvalue weighted by Crippen LogP contribution is -2.40. The van der Waals surface area contributed by atoms with E-state index in [-0.39, 0.29) is 11.9 Å². The van der Waals surface area contributed by atoms with Crippen LogP contribution >= 0.6 is 0 Å². The van der Waals surface area contributed by atoms with Crippen LogP contribution in [0.15, 0.2) is 48.5 Å². The van der Waals surface area contributed by atoms with Crippen molar-refractivity contribution in [3.05, 3.63) is 59.7 Å². The Morgan fingerprint density at radius 3 is 2.75 bits per heavy atom. The highest BCUT2D eigenvalue weighted by atomic mass is 16.2. The van der Waals surface area contributed by atoms with Crippen LogP contribution in [-0.2, 0) is 10.2 Å². The number of likely N-dealkylation sites (tertiary alicyclic amines) is 1. The number of nitrogens with one attached hydrogen (secondary N) is 2. The van der Waals surface area contributed by atoms with E-state index >= 15 is 0 Å². The van der Waals surface area contributed by atoms with E-state index in [4.69, 9.17) is 0 Å². The third-order valence-electron chi connectivity index (χ3n) is 5.07. The van der Waals surface area contributed by atoms with Gasteiger partial charge in [0.15, 0.2) is 0 Å². The van der Waals surface area contributed by atoms with Crippen LogP contribution in [0.5, 0.6) is 0 Å². The Morgan fingerprint density at radius 1 is 1.17 bits per heavy atom. The van der Waals surface area contributed by atoms with Crippen LogP contribution in [0, 0.1) is 6.92 Å². The molecule has 0 bridgehead atoms. The SMILES string of the molecule is Cc1ccccc1NC(=O)N1CCC2(C1)C(=O)Nc1ccccc12. The van der Waals surface area contributed by atoms with Gasteiger partial charge in [0, 0.05) is 24.5 Å². The van der Waals surface area contributed by atoms with Crippen LogP contribution in [0.2, 0.25) is 0 Å². The maximum atomic E-state index is 12.6. The molecule has 122 valence electrons. The average Bonchev–Trinajstić information content (AvgIpc) is 3.14. The molecule has 5 nitrogen and oxygen atoms in total. The van der Waals surface area contributed by atoms with E-state index < -0.39 is 5.41 Å². The molecule has 0 aliphatic carbocycles. The number of fused-ring (bicyclic) bond motifs is 2. The molecular formula is C19H19N3O2. The number of urea groups is 1. The van der Waals surface area contributed by atoms with Gasteiger partial charge in [-0.2, -0.15) is 0 Å². The lowest BCUT2D eigenvalue weighted by atomic mass is 9.81. The van der Waals surface area contributed by atoms with Gasteiger partial charge in [0.25, 0.3) is 0 Å². The Bertz CT molecular complexity index is 833. The Kier molecular flexibility index (Phi) is 3.30. The number of nitrogens with zero attached hydrogens (tertiary/aromatic N) is 1. The van der Waals surface area contributed by atoms with Gasteiger partial charge in [-0.25, -0.2) is 4.79 Å². The fourth-order valence-electron chi connectivity index (χ4n) is 3.67. The van der Waals surface area contributed by atoms with Crippen LogP contribution in [0.4, 0.5) is 16.2 Å².